The summed E-state index contributed by atoms with van der Waals surface area (Å²) in [6.07, 6.45) is 6.80. The Morgan fingerprint density at radius 3 is 3.07 bits per heavy atom. The first-order chi connectivity index (χ1) is 6.84. The average molecular weight is 251 g/mol. The summed E-state index contributed by atoms with van der Waals surface area (Å²) >= 11 is 3.36. The third-order valence-electron chi connectivity index (χ3n) is 2.82. The number of aromatic nitrogens is 3. The molecule has 0 N–H and O–H groups in total. The molecule has 0 unspecified atom stereocenters. The molecular formula is C10H9BrN3. The molecule has 0 spiro atoms. The molecule has 1 aliphatic carbocycles. The third kappa shape index (κ3) is 1.17. The van der Waals surface area contributed by atoms with Gasteiger partial charge in [-0.05, 0) is 34.8 Å². The largest absolute Gasteiger partial charge is 0.227 e. The second-order valence-corrected chi connectivity index (χ2v) is 4.49. The van der Waals surface area contributed by atoms with Gasteiger partial charge in [-0.1, -0.05) is 6.42 Å². The molecule has 1 fully saturated rings. The number of hydrogen-bond donors (Lipinski definition) is 0. The zero-order chi connectivity index (χ0) is 9.54. The molecule has 2 heterocycles. The first-order valence-electron chi connectivity index (χ1n) is 4.77. The van der Waals surface area contributed by atoms with Crippen molar-refractivity contribution in [2.24, 2.45) is 0 Å². The van der Waals surface area contributed by atoms with Crippen LogP contribution in [0.1, 0.15) is 30.9 Å². The molecule has 2 aromatic rings. The molecule has 0 amide bonds. The van der Waals surface area contributed by atoms with Gasteiger partial charge >= 0.3 is 0 Å². The quantitative estimate of drug-likeness (QED) is 0.779. The van der Waals surface area contributed by atoms with Crippen molar-refractivity contribution in [1.29, 1.82) is 0 Å². The van der Waals surface area contributed by atoms with Crippen molar-refractivity contribution in [3.8, 4) is 0 Å². The van der Waals surface area contributed by atoms with Gasteiger partial charge in [-0.25, -0.2) is 9.50 Å². The summed E-state index contributed by atoms with van der Waals surface area (Å²) in [6, 6.07) is 3.87. The molecule has 3 rings (SSSR count). The number of fused-ring (bicyclic) bond motifs is 1. The lowest BCUT2D eigenvalue weighted by Gasteiger charge is -2.25. The van der Waals surface area contributed by atoms with Crippen LogP contribution in [0.3, 0.4) is 0 Å². The van der Waals surface area contributed by atoms with Crippen LogP contribution in [0.25, 0.3) is 5.65 Å². The van der Waals surface area contributed by atoms with Crippen LogP contribution in [0.4, 0.5) is 0 Å². The highest BCUT2D eigenvalue weighted by molar-refractivity contribution is 9.10. The Morgan fingerprint density at radius 2 is 2.36 bits per heavy atom. The summed E-state index contributed by atoms with van der Waals surface area (Å²) < 4.78 is 2.76. The zero-order valence-corrected chi connectivity index (χ0v) is 9.16. The van der Waals surface area contributed by atoms with Crippen LogP contribution >= 0.6 is 15.9 Å². The van der Waals surface area contributed by atoms with Crippen LogP contribution in [-0.2, 0) is 0 Å². The molecule has 1 radical (unpaired) electrons. The highest BCUT2D eigenvalue weighted by Gasteiger charge is 2.22. The van der Waals surface area contributed by atoms with E-state index in [1.165, 1.54) is 25.0 Å². The van der Waals surface area contributed by atoms with Gasteiger partial charge in [-0.2, -0.15) is 5.10 Å². The zero-order valence-electron chi connectivity index (χ0n) is 7.57. The van der Waals surface area contributed by atoms with Crippen LogP contribution in [0.5, 0.6) is 0 Å². The minimum absolute atomic E-state index is 0.656. The van der Waals surface area contributed by atoms with E-state index in [2.05, 4.69) is 32.2 Å². The average Bonchev–Trinajstić information content (AvgIpc) is 2.43. The lowest BCUT2D eigenvalue weighted by atomic mass is 9.83. The Hall–Kier alpha value is -0.900. The standard InChI is InChI=1S/C10H9BrN3/c11-9-6-10-12-5-4-8(14(10)13-9)7-2-1-3-7/h4,6-7H,1-3H2. The SMILES string of the molecule is Brc1cc2n[c]cc(C3CCC3)n2n1. The fourth-order valence-electron chi connectivity index (χ4n) is 1.83. The van der Waals surface area contributed by atoms with Crippen molar-refractivity contribution in [3.05, 3.63) is 28.6 Å². The number of hydrogen-bond acceptors (Lipinski definition) is 2. The van der Waals surface area contributed by atoms with Gasteiger partial charge in [0, 0.05) is 17.7 Å². The van der Waals surface area contributed by atoms with E-state index in [4.69, 9.17) is 0 Å². The topological polar surface area (TPSA) is 30.2 Å². The highest BCUT2D eigenvalue weighted by Crippen LogP contribution is 2.36. The molecule has 71 valence electrons. The Balaban J connectivity index is 2.21. The summed E-state index contributed by atoms with van der Waals surface area (Å²) in [6.45, 7) is 0. The van der Waals surface area contributed by atoms with Gasteiger partial charge in [-0.15, -0.1) is 0 Å². The minimum atomic E-state index is 0.656. The molecule has 1 aliphatic rings. The lowest BCUT2D eigenvalue weighted by molar-refractivity contribution is 0.403. The van der Waals surface area contributed by atoms with Crippen molar-refractivity contribution in [3.63, 3.8) is 0 Å². The van der Waals surface area contributed by atoms with Crippen LogP contribution in [0, 0.1) is 6.20 Å². The summed E-state index contributed by atoms with van der Waals surface area (Å²) in [4.78, 5) is 4.15. The summed E-state index contributed by atoms with van der Waals surface area (Å²) in [5.74, 6) is 0.656. The van der Waals surface area contributed by atoms with Gasteiger partial charge in [0.05, 0.1) is 6.20 Å². The van der Waals surface area contributed by atoms with Gasteiger partial charge in [0.1, 0.15) is 4.60 Å². The van der Waals surface area contributed by atoms with Gasteiger partial charge in [0.15, 0.2) is 5.65 Å². The van der Waals surface area contributed by atoms with Crippen molar-refractivity contribution < 1.29 is 0 Å². The molecule has 0 aromatic carbocycles. The Labute approximate surface area is 90.3 Å². The highest BCUT2D eigenvalue weighted by atomic mass is 79.9. The number of nitrogens with zero attached hydrogens (tertiary/aromatic N) is 3. The van der Waals surface area contributed by atoms with Crippen LogP contribution in [0.2, 0.25) is 0 Å². The molecule has 0 saturated heterocycles. The Bertz CT molecular complexity index is 473. The maximum atomic E-state index is 4.37. The third-order valence-corrected chi connectivity index (χ3v) is 3.21. The van der Waals surface area contributed by atoms with E-state index < -0.39 is 0 Å². The maximum Gasteiger partial charge on any atom is 0.157 e. The summed E-state index contributed by atoms with van der Waals surface area (Å²) in [5.41, 5.74) is 2.12. The Kier molecular flexibility index (Phi) is 1.83. The van der Waals surface area contributed by atoms with Gasteiger partial charge in [0.2, 0.25) is 0 Å². The molecule has 0 atom stereocenters. The molecule has 1 saturated carbocycles. The van der Waals surface area contributed by atoms with Crippen LogP contribution < -0.4 is 0 Å². The summed E-state index contributed by atoms with van der Waals surface area (Å²) in [7, 11) is 0. The van der Waals surface area contributed by atoms with E-state index in [1.54, 1.807) is 0 Å². The van der Waals surface area contributed by atoms with E-state index in [-0.39, 0.29) is 0 Å². The van der Waals surface area contributed by atoms with E-state index in [1.807, 2.05) is 16.6 Å². The van der Waals surface area contributed by atoms with Gasteiger partial charge in [-0.3, -0.25) is 0 Å². The predicted molar refractivity (Wildman–Crippen MR) is 56.1 cm³/mol. The molecule has 0 bridgehead atoms. The van der Waals surface area contributed by atoms with E-state index in [9.17, 15) is 0 Å². The van der Waals surface area contributed by atoms with Gasteiger partial charge in [0.25, 0.3) is 0 Å². The molecule has 4 heteroatoms. The molecule has 3 nitrogen and oxygen atoms in total. The van der Waals surface area contributed by atoms with Crippen molar-refractivity contribution in [2.45, 2.75) is 25.2 Å². The lowest BCUT2D eigenvalue weighted by Crippen LogP contribution is -2.13. The second-order valence-electron chi connectivity index (χ2n) is 3.67. The van der Waals surface area contributed by atoms with E-state index in [0.717, 1.165) is 10.3 Å². The van der Waals surface area contributed by atoms with Gasteiger partial charge < -0.3 is 0 Å². The molecule has 2 aromatic heterocycles. The van der Waals surface area contributed by atoms with Crippen molar-refractivity contribution >= 4 is 21.6 Å². The van der Waals surface area contributed by atoms with Crippen molar-refractivity contribution in [2.75, 3.05) is 0 Å². The number of halogens is 1. The van der Waals surface area contributed by atoms with E-state index >= 15 is 0 Å². The van der Waals surface area contributed by atoms with Crippen molar-refractivity contribution in [1.82, 2.24) is 14.6 Å². The monoisotopic (exact) mass is 250 g/mol. The maximum absolute atomic E-state index is 4.37. The minimum Gasteiger partial charge on any atom is -0.227 e. The number of rotatable bonds is 1. The fraction of sp³-hybridized carbons (Fsp3) is 0.400. The summed E-state index contributed by atoms with van der Waals surface area (Å²) in [5, 5.41) is 4.37. The fourth-order valence-corrected chi connectivity index (χ4v) is 2.20. The van der Waals surface area contributed by atoms with Crippen LogP contribution in [-0.4, -0.2) is 14.6 Å². The molecule has 0 aliphatic heterocycles. The molecular weight excluding hydrogens is 242 g/mol. The molecule has 14 heavy (non-hydrogen) atoms. The van der Waals surface area contributed by atoms with E-state index in [0.29, 0.717) is 5.92 Å². The Morgan fingerprint density at radius 1 is 1.50 bits per heavy atom. The smallest absolute Gasteiger partial charge is 0.157 e. The normalized spacial score (nSPS) is 17.2. The second kappa shape index (κ2) is 3.05. The first-order valence-corrected chi connectivity index (χ1v) is 5.56. The first kappa shape index (κ1) is 8.41. The predicted octanol–water partition coefficient (Wildman–Crippen LogP) is 2.56. The van der Waals surface area contributed by atoms with Crippen LogP contribution in [0.15, 0.2) is 16.7 Å².